The maximum Gasteiger partial charge on any atom is 0.141 e. The van der Waals surface area contributed by atoms with Crippen molar-refractivity contribution in [3.05, 3.63) is 24.3 Å². The van der Waals surface area contributed by atoms with E-state index in [1.807, 2.05) is 23.7 Å². The highest BCUT2D eigenvalue weighted by molar-refractivity contribution is 8.16. The summed E-state index contributed by atoms with van der Waals surface area (Å²) >= 11 is 3.76. The molecule has 1 aromatic carbocycles. The lowest BCUT2D eigenvalue weighted by molar-refractivity contribution is 0.721. The summed E-state index contributed by atoms with van der Waals surface area (Å²) in [6, 6.07) is 9.71. The highest BCUT2D eigenvalue weighted by Crippen LogP contribution is 2.47. The number of benzene rings is 1. The minimum atomic E-state index is 0.440. The van der Waals surface area contributed by atoms with Crippen LogP contribution in [0.1, 0.15) is 27.7 Å². The van der Waals surface area contributed by atoms with Gasteiger partial charge in [-0.15, -0.1) is 0 Å². The van der Waals surface area contributed by atoms with Crippen LogP contribution in [0.5, 0.6) is 0 Å². The second-order valence-corrected chi connectivity index (χ2v) is 7.12. The van der Waals surface area contributed by atoms with Crippen molar-refractivity contribution in [3.63, 3.8) is 0 Å². The van der Waals surface area contributed by atoms with Gasteiger partial charge >= 0.3 is 0 Å². The second-order valence-electron chi connectivity index (χ2n) is 4.78. The van der Waals surface area contributed by atoms with Gasteiger partial charge in [-0.05, 0) is 51.8 Å². The van der Waals surface area contributed by atoms with Gasteiger partial charge < -0.3 is 4.90 Å². The molecule has 0 aromatic heterocycles. The summed E-state index contributed by atoms with van der Waals surface area (Å²) in [5.74, 6) is 0. The molecule has 0 fully saturated rings. The number of anilines is 1. The average molecular weight is 268 g/mol. The summed E-state index contributed by atoms with van der Waals surface area (Å²) in [5, 5.41) is 0. The summed E-state index contributed by atoms with van der Waals surface area (Å²) in [6.07, 6.45) is 0. The van der Waals surface area contributed by atoms with E-state index in [-0.39, 0.29) is 0 Å². The zero-order valence-electron chi connectivity index (χ0n) is 10.8. The average Bonchev–Trinajstić information content (AvgIpc) is 2.64. The van der Waals surface area contributed by atoms with Crippen molar-refractivity contribution in [2.24, 2.45) is 0 Å². The monoisotopic (exact) mass is 268 g/mol. The number of rotatable bonds is 4. The maximum atomic E-state index is 3.46. The largest absolute Gasteiger partial charge is 0.346 e. The third kappa shape index (κ3) is 2.92. The highest BCUT2D eigenvalue weighted by atomic mass is 32.2. The van der Waals surface area contributed by atoms with E-state index in [2.05, 4.69) is 61.6 Å². The second kappa shape index (κ2) is 5.55. The van der Waals surface area contributed by atoms with Crippen LogP contribution >= 0.6 is 23.7 Å². The Morgan fingerprint density at radius 3 is 2.59 bits per heavy atom. The van der Waals surface area contributed by atoms with Crippen LogP contribution in [0, 0.1) is 0 Å². The Morgan fingerprint density at radius 2 is 1.94 bits per heavy atom. The van der Waals surface area contributed by atoms with E-state index in [1.165, 1.54) is 10.6 Å². The molecular formula is C13H20N2S2. The predicted molar refractivity (Wildman–Crippen MR) is 79.6 cm³/mol. The van der Waals surface area contributed by atoms with Crippen LogP contribution in [0.2, 0.25) is 0 Å². The van der Waals surface area contributed by atoms with Crippen molar-refractivity contribution in [2.75, 3.05) is 4.90 Å². The van der Waals surface area contributed by atoms with Gasteiger partial charge in [-0.3, -0.25) is 4.72 Å². The van der Waals surface area contributed by atoms with Crippen molar-refractivity contribution >= 4 is 29.4 Å². The van der Waals surface area contributed by atoms with Crippen LogP contribution < -0.4 is 9.62 Å². The highest BCUT2D eigenvalue weighted by Gasteiger charge is 2.32. The molecule has 1 unspecified atom stereocenters. The number of hydrogen-bond acceptors (Lipinski definition) is 4. The molecule has 0 bridgehead atoms. The Hall–Kier alpha value is -0.320. The number of thioether (sulfide) groups is 1. The molecule has 1 aliphatic rings. The lowest BCUT2D eigenvalue weighted by atomic mass is 10.2. The lowest BCUT2D eigenvalue weighted by Crippen LogP contribution is -2.36. The van der Waals surface area contributed by atoms with Crippen molar-refractivity contribution in [2.45, 2.75) is 49.4 Å². The van der Waals surface area contributed by atoms with Crippen LogP contribution in [0.3, 0.4) is 0 Å². The van der Waals surface area contributed by atoms with E-state index in [1.54, 1.807) is 0 Å². The molecule has 17 heavy (non-hydrogen) atoms. The van der Waals surface area contributed by atoms with E-state index in [0.717, 1.165) is 0 Å². The molecule has 2 nitrogen and oxygen atoms in total. The Balaban J connectivity index is 2.15. The summed E-state index contributed by atoms with van der Waals surface area (Å²) in [5.41, 5.74) is 1.37. The minimum Gasteiger partial charge on any atom is -0.346 e. The van der Waals surface area contributed by atoms with Crippen LogP contribution in [0.25, 0.3) is 0 Å². The van der Waals surface area contributed by atoms with Gasteiger partial charge in [-0.1, -0.05) is 23.9 Å². The zero-order chi connectivity index (χ0) is 12.4. The first-order valence-electron chi connectivity index (χ1n) is 6.05. The molecule has 4 heteroatoms. The molecular weight excluding hydrogens is 248 g/mol. The fourth-order valence-electron chi connectivity index (χ4n) is 1.85. The predicted octanol–water partition coefficient (Wildman–Crippen LogP) is 3.94. The minimum absolute atomic E-state index is 0.440. The molecule has 0 saturated carbocycles. The van der Waals surface area contributed by atoms with Gasteiger partial charge in [0.1, 0.15) is 4.71 Å². The molecule has 1 heterocycles. The molecule has 0 spiro atoms. The fraction of sp³-hybridized carbons (Fsp3) is 0.538. The molecule has 1 aliphatic heterocycles. The Labute approximate surface area is 113 Å². The molecule has 1 aromatic rings. The third-order valence-corrected chi connectivity index (χ3v) is 5.20. The number of nitrogens with one attached hydrogen (secondary N) is 1. The lowest BCUT2D eigenvalue weighted by Gasteiger charge is -2.30. The van der Waals surface area contributed by atoms with E-state index in [9.17, 15) is 0 Å². The smallest absolute Gasteiger partial charge is 0.141 e. The van der Waals surface area contributed by atoms with Crippen molar-refractivity contribution in [1.82, 2.24) is 4.72 Å². The summed E-state index contributed by atoms with van der Waals surface area (Å²) in [4.78, 5) is 3.88. The first-order valence-corrected chi connectivity index (χ1v) is 7.80. The van der Waals surface area contributed by atoms with Gasteiger partial charge in [-0.2, -0.15) is 0 Å². The van der Waals surface area contributed by atoms with Crippen LogP contribution in [-0.2, 0) is 0 Å². The number of hydrogen-bond donors (Lipinski definition) is 1. The third-order valence-electron chi connectivity index (χ3n) is 2.56. The molecule has 0 saturated heterocycles. The van der Waals surface area contributed by atoms with Crippen molar-refractivity contribution in [3.8, 4) is 0 Å². The quantitative estimate of drug-likeness (QED) is 0.832. The number of para-hydroxylation sites is 1. The van der Waals surface area contributed by atoms with Gasteiger partial charge in [0.25, 0.3) is 0 Å². The summed E-state index contributed by atoms with van der Waals surface area (Å²) < 4.78 is 3.90. The Morgan fingerprint density at radius 1 is 1.24 bits per heavy atom. The molecule has 0 radical (unpaired) electrons. The molecule has 1 atom stereocenters. The standard InChI is InChI=1S/C13H20N2S2/c1-9(2)14-17-13-15(10(3)4)11-7-5-6-8-12(11)16-13/h5-10,13-14H,1-4H3. The Bertz CT molecular complexity index is 379. The summed E-state index contributed by atoms with van der Waals surface area (Å²) in [6.45, 7) is 8.87. The van der Waals surface area contributed by atoms with Gasteiger partial charge in [0.2, 0.25) is 0 Å². The molecule has 0 aliphatic carbocycles. The fourth-order valence-corrected chi connectivity index (χ4v) is 4.51. The van der Waals surface area contributed by atoms with Crippen molar-refractivity contribution in [1.29, 1.82) is 0 Å². The SMILES string of the molecule is CC(C)NSC1Sc2ccccc2N1C(C)C. The van der Waals surface area contributed by atoms with E-state index in [4.69, 9.17) is 0 Å². The number of nitrogens with zero attached hydrogens (tertiary/aromatic N) is 1. The maximum absolute atomic E-state index is 3.46. The first-order chi connectivity index (χ1) is 8.09. The Kier molecular flexibility index (Phi) is 4.28. The van der Waals surface area contributed by atoms with Gasteiger partial charge in [0.05, 0.1) is 5.69 Å². The van der Waals surface area contributed by atoms with Crippen LogP contribution in [0.15, 0.2) is 29.2 Å². The summed E-state index contributed by atoms with van der Waals surface area (Å²) in [7, 11) is 0. The van der Waals surface area contributed by atoms with E-state index < -0.39 is 0 Å². The van der Waals surface area contributed by atoms with E-state index in [0.29, 0.717) is 16.8 Å². The molecule has 94 valence electrons. The molecule has 0 amide bonds. The van der Waals surface area contributed by atoms with Crippen molar-refractivity contribution < 1.29 is 0 Å². The van der Waals surface area contributed by atoms with Crippen LogP contribution in [0.4, 0.5) is 5.69 Å². The van der Waals surface area contributed by atoms with Gasteiger partial charge in [0, 0.05) is 17.0 Å². The molecule has 2 rings (SSSR count). The van der Waals surface area contributed by atoms with E-state index >= 15 is 0 Å². The molecule has 1 N–H and O–H groups in total. The topological polar surface area (TPSA) is 15.3 Å². The zero-order valence-corrected chi connectivity index (χ0v) is 12.4. The number of fused-ring (bicyclic) bond motifs is 1. The van der Waals surface area contributed by atoms with Crippen LogP contribution in [-0.4, -0.2) is 16.8 Å². The van der Waals surface area contributed by atoms with Gasteiger partial charge in [0.15, 0.2) is 0 Å². The van der Waals surface area contributed by atoms with Gasteiger partial charge in [-0.25, -0.2) is 0 Å². The first kappa shape index (κ1) is 13.1. The normalized spacial score (nSPS) is 19.2.